The van der Waals surface area contributed by atoms with Crippen molar-refractivity contribution in [1.29, 1.82) is 0 Å². The molecule has 0 radical (unpaired) electrons. The van der Waals surface area contributed by atoms with Gasteiger partial charge in [0.15, 0.2) is 0 Å². The van der Waals surface area contributed by atoms with Crippen LogP contribution in [0.4, 0.5) is 26.3 Å². The maximum atomic E-state index is 13.6. The highest BCUT2D eigenvalue weighted by Gasteiger charge is 2.38. The molecule has 0 N–H and O–H groups in total. The molecule has 1 amide bonds. The van der Waals surface area contributed by atoms with Crippen LogP contribution in [-0.4, -0.2) is 37.9 Å². The predicted octanol–water partition coefficient (Wildman–Crippen LogP) is 6.41. The van der Waals surface area contributed by atoms with Crippen LogP contribution in [0.3, 0.4) is 0 Å². The summed E-state index contributed by atoms with van der Waals surface area (Å²) in [6.07, 6.45) is -9.29. The number of carbonyl (C=O) groups excluding carboxylic acids is 1. The number of alkyl halides is 6. The molecular weight excluding hydrogens is 504 g/mol. The molecule has 3 aromatic carbocycles. The van der Waals surface area contributed by atoms with Crippen LogP contribution in [0, 0.1) is 0 Å². The van der Waals surface area contributed by atoms with Crippen LogP contribution in [0.25, 0.3) is 0 Å². The zero-order chi connectivity index (χ0) is 27.0. The summed E-state index contributed by atoms with van der Waals surface area (Å²) in [7, 11) is 2.85. The minimum atomic E-state index is -4.94. The first-order chi connectivity index (χ1) is 17.4. The Morgan fingerprint density at radius 2 is 1.62 bits per heavy atom. The van der Waals surface area contributed by atoms with Gasteiger partial charge in [0, 0.05) is 23.7 Å². The molecule has 0 fully saturated rings. The summed E-state index contributed by atoms with van der Waals surface area (Å²) in [5.41, 5.74) is 0.260. The fraction of sp³-hybridized carbons (Fsp3) is 0.269. The van der Waals surface area contributed by atoms with Crippen molar-refractivity contribution in [3.63, 3.8) is 0 Å². The lowest BCUT2D eigenvalue weighted by atomic mass is 9.86. The number of ether oxygens (including phenoxy) is 3. The molecule has 0 spiro atoms. The topological polar surface area (TPSA) is 48.0 Å². The summed E-state index contributed by atoms with van der Waals surface area (Å²) in [5, 5.41) is 0. The normalized spacial score (nSPS) is 15.7. The average Bonchev–Trinajstić information content (AvgIpc) is 2.85. The van der Waals surface area contributed by atoms with E-state index < -0.39 is 35.8 Å². The minimum absolute atomic E-state index is 0.0768. The first-order valence-corrected chi connectivity index (χ1v) is 11.0. The summed E-state index contributed by atoms with van der Waals surface area (Å²) in [6, 6.07) is 11.4. The lowest BCUT2D eigenvalue weighted by Crippen LogP contribution is -2.41. The van der Waals surface area contributed by atoms with Crippen molar-refractivity contribution in [2.45, 2.75) is 25.0 Å². The van der Waals surface area contributed by atoms with Crippen molar-refractivity contribution in [2.75, 3.05) is 20.8 Å². The molecule has 1 aliphatic heterocycles. The van der Waals surface area contributed by atoms with Crippen molar-refractivity contribution in [3.8, 4) is 17.2 Å². The third-order valence-corrected chi connectivity index (χ3v) is 5.97. The van der Waals surface area contributed by atoms with Gasteiger partial charge in [0.25, 0.3) is 5.91 Å². The van der Waals surface area contributed by atoms with Crippen LogP contribution in [0.2, 0.25) is 0 Å². The molecule has 5 nitrogen and oxygen atoms in total. The molecule has 1 heterocycles. The van der Waals surface area contributed by atoms with E-state index in [1.165, 1.54) is 37.3 Å². The first kappa shape index (κ1) is 26.2. The number of halogens is 6. The summed E-state index contributed by atoms with van der Waals surface area (Å²) < 4.78 is 93.5. The number of fused-ring (bicyclic) bond motifs is 1. The standard InChI is InChI=1S/C26H21F6NO4/c1-35-20-12-15-9-10-33(24(34)17-6-3-7-18(11-17)25(27,28)29)23(22(15)21(14-20)36-2)16-5-4-8-19(13-16)37-26(30,31)32/h3-8,11-14,23H,9-10H2,1-2H3. The van der Waals surface area contributed by atoms with Gasteiger partial charge in [0.1, 0.15) is 17.2 Å². The lowest BCUT2D eigenvalue weighted by molar-refractivity contribution is -0.274. The van der Waals surface area contributed by atoms with E-state index in [9.17, 15) is 31.1 Å². The van der Waals surface area contributed by atoms with Crippen molar-refractivity contribution >= 4 is 5.91 Å². The van der Waals surface area contributed by atoms with Crippen molar-refractivity contribution in [3.05, 3.63) is 88.5 Å². The van der Waals surface area contributed by atoms with Crippen LogP contribution in [0.1, 0.15) is 38.7 Å². The van der Waals surface area contributed by atoms with E-state index in [1.807, 2.05) is 0 Å². The fourth-order valence-electron chi connectivity index (χ4n) is 4.43. The van der Waals surface area contributed by atoms with Crippen molar-refractivity contribution in [1.82, 2.24) is 4.90 Å². The highest BCUT2D eigenvalue weighted by Crippen LogP contribution is 2.44. The maximum Gasteiger partial charge on any atom is 0.573 e. The molecular formula is C26H21F6NO4. The monoisotopic (exact) mass is 525 g/mol. The number of benzene rings is 3. The Kier molecular flexibility index (Phi) is 6.98. The van der Waals surface area contributed by atoms with Crippen LogP contribution in [0.15, 0.2) is 60.7 Å². The molecule has 0 aliphatic carbocycles. The number of methoxy groups -OCH3 is 2. The maximum absolute atomic E-state index is 13.6. The number of hydrogen-bond donors (Lipinski definition) is 0. The molecule has 1 atom stereocenters. The summed E-state index contributed by atoms with van der Waals surface area (Å²) in [5.74, 6) is -0.443. The van der Waals surface area contributed by atoms with E-state index in [4.69, 9.17) is 9.47 Å². The summed E-state index contributed by atoms with van der Waals surface area (Å²) in [4.78, 5) is 14.9. The molecule has 0 bridgehead atoms. The highest BCUT2D eigenvalue weighted by atomic mass is 19.4. The van der Waals surface area contributed by atoms with Crippen molar-refractivity contribution in [2.24, 2.45) is 0 Å². The largest absolute Gasteiger partial charge is 0.573 e. The Labute approximate surface area is 208 Å². The number of amides is 1. The SMILES string of the molecule is COc1cc2c(c(OC)c1)C(c1cccc(OC(F)(F)F)c1)N(C(=O)c1cccc(C(F)(F)F)c1)CC2. The Hall–Kier alpha value is -3.89. The fourth-order valence-corrected chi connectivity index (χ4v) is 4.43. The summed E-state index contributed by atoms with van der Waals surface area (Å²) >= 11 is 0. The van der Waals surface area contributed by atoms with Gasteiger partial charge in [-0.2, -0.15) is 13.2 Å². The van der Waals surface area contributed by atoms with Gasteiger partial charge < -0.3 is 19.1 Å². The third-order valence-electron chi connectivity index (χ3n) is 5.97. The minimum Gasteiger partial charge on any atom is -0.497 e. The van der Waals surface area contributed by atoms with Gasteiger partial charge in [-0.3, -0.25) is 4.79 Å². The van der Waals surface area contributed by atoms with E-state index in [2.05, 4.69) is 4.74 Å². The Bertz CT molecular complexity index is 1290. The quantitative estimate of drug-likeness (QED) is 0.362. The zero-order valence-electron chi connectivity index (χ0n) is 19.6. The number of nitrogens with zero attached hydrogens (tertiary/aromatic N) is 1. The highest BCUT2D eigenvalue weighted by molar-refractivity contribution is 5.95. The van der Waals surface area contributed by atoms with Gasteiger partial charge in [-0.25, -0.2) is 0 Å². The molecule has 0 saturated carbocycles. The summed E-state index contributed by atoms with van der Waals surface area (Å²) in [6.45, 7) is 0.0768. The molecule has 3 aromatic rings. The third kappa shape index (κ3) is 5.60. The lowest BCUT2D eigenvalue weighted by Gasteiger charge is -2.39. The molecule has 0 aromatic heterocycles. The Morgan fingerprint density at radius 3 is 2.27 bits per heavy atom. The van der Waals surface area contributed by atoms with E-state index >= 15 is 0 Å². The molecule has 11 heteroatoms. The Morgan fingerprint density at radius 1 is 0.892 bits per heavy atom. The molecule has 196 valence electrons. The molecule has 1 unspecified atom stereocenters. The van der Waals surface area contributed by atoms with E-state index in [0.717, 1.165) is 35.9 Å². The van der Waals surface area contributed by atoms with Gasteiger partial charge in [-0.05, 0) is 53.9 Å². The van der Waals surface area contributed by atoms with E-state index in [1.54, 1.807) is 12.1 Å². The van der Waals surface area contributed by atoms with Gasteiger partial charge in [-0.15, -0.1) is 13.2 Å². The average molecular weight is 525 g/mol. The molecule has 4 rings (SSSR count). The zero-order valence-corrected chi connectivity index (χ0v) is 19.6. The second-order valence-corrected chi connectivity index (χ2v) is 8.25. The first-order valence-electron chi connectivity index (χ1n) is 11.0. The van der Waals surface area contributed by atoms with Crippen LogP contribution in [-0.2, 0) is 12.6 Å². The van der Waals surface area contributed by atoms with E-state index in [-0.39, 0.29) is 17.7 Å². The number of carbonyl (C=O) groups is 1. The molecule has 0 saturated heterocycles. The molecule has 37 heavy (non-hydrogen) atoms. The van der Waals surface area contributed by atoms with Crippen LogP contribution < -0.4 is 14.2 Å². The van der Waals surface area contributed by atoms with E-state index in [0.29, 0.717) is 23.5 Å². The smallest absolute Gasteiger partial charge is 0.497 e. The van der Waals surface area contributed by atoms with Gasteiger partial charge in [0.2, 0.25) is 0 Å². The predicted molar refractivity (Wildman–Crippen MR) is 121 cm³/mol. The second-order valence-electron chi connectivity index (χ2n) is 8.25. The van der Waals surface area contributed by atoms with Crippen molar-refractivity contribution < 1.29 is 45.3 Å². The van der Waals surface area contributed by atoms with Gasteiger partial charge in [0.05, 0.1) is 25.8 Å². The van der Waals surface area contributed by atoms with Crippen LogP contribution in [0.5, 0.6) is 17.2 Å². The van der Waals surface area contributed by atoms with Gasteiger partial charge in [-0.1, -0.05) is 18.2 Å². The number of hydrogen-bond acceptors (Lipinski definition) is 4. The second kappa shape index (κ2) is 9.87. The molecule has 1 aliphatic rings. The van der Waals surface area contributed by atoms with Gasteiger partial charge >= 0.3 is 12.5 Å². The number of rotatable bonds is 5. The van der Waals surface area contributed by atoms with Crippen LogP contribution >= 0.6 is 0 Å². The Balaban J connectivity index is 1.87.